The largest absolute Gasteiger partial charge is 0.458 e. The molecule has 0 unspecified atom stereocenters. The number of nitrogens with zero attached hydrogens (tertiary/aromatic N) is 2. The highest BCUT2D eigenvalue weighted by atomic mass is 16.7. The van der Waals surface area contributed by atoms with Crippen molar-refractivity contribution in [1.82, 2.24) is 9.55 Å². The Hall–Kier alpha value is -3.59. The zero-order chi connectivity index (χ0) is 25.1. The Balaban J connectivity index is 1.75. The maximum Gasteiger partial charge on any atom is 0.343 e. The zero-order valence-electron chi connectivity index (χ0n) is 20.2. The van der Waals surface area contributed by atoms with E-state index >= 15 is 0 Å². The number of aryl methyl sites for hydroxylation is 1. The van der Waals surface area contributed by atoms with Crippen molar-refractivity contribution in [3.8, 4) is 11.4 Å². The van der Waals surface area contributed by atoms with Crippen molar-refractivity contribution in [2.45, 2.75) is 65.2 Å². The summed E-state index contributed by atoms with van der Waals surface area (Å²) in [4.78, 5) is 30.8. The number of carbonyl (C=O) groups is 1. The minimum Gasteiger partial charge on any atom is -0.458 e. The van der Waals surface area contributed by atoms with Crippen LogP contribution in [0.25, 0.3) is 17.1 Å². The first-order chi connectivity index (χ1) is 16.7. The first-order valence-electron chi connectivity index (χ1n) is 11.9. The highest BCUT2D eigenvalue weighted by molar-refractivity contribution is 5.84. The summed E-state index contributed by atoms with van der Waals surface area (Å²) in [6.45, 7) is 9.76. The molecule has 0 amide bonds. The molecule has 2 aromatic rings. The van der Waals surface area contributed by atoms with Gasteiger partial charge in [0.05, 0.1) is 29.2 Å². The van der Waals surface area contributed by atoms with Gasteiger partial charge < -0.3 is 29.6 Å². The second-order valence-corrected chi connectivity index (χ2v) is 9.16. The zero-order valence-corrected chi connectivity index (χ0v) is 20.2. The average Bonchev–Trinajstić information content (AvgIpc) is 3.43. The van der Waals surface area contributed by atoms with E-state index < -0.39 is 11.6 Å². The number of hydrogen-bond acceptors (Lipinski definition) is 8. The SMILES string of the molecule is C=C1OCO/C1=C(\N)c1c(C)nc2c(c1CCCC)Cn1c-2cc2c(c1=O)COC(=O)[C@]2(O)CC. The Morgan fingerprint density at radius 2 is 2.03 bits per heavy atom. The second kappa shape index (κ2) is 8.27. The molecule has 0 aliphatic carbocycles. The molecule has 35 heavy (non-hydrogen) atoms. The molecule has 5 rings (SSSR count). The number of rotatable bonds is 5. The van der Waals surface area contributed by atoms with E-state index in [-0.39, 0.29) is 25.4 Å². The molecule has 3 N–H and O–H groups in total. The fourth-order valence-electron chi connectivity index (χ4n) is 5.23. The van der Waals surface area contributed by atoms with Crippen LogP contribution in [-0.2, 0) is 44.2 Å². The van der Waals surface area contributed by atoms with Crippen molar-refractivity contribution in [2.75, 3.05) is 6.79 Å². The topological polar surface area (TPSA) is 126 Å². The molecule has 1 fully saturated rings. The van der Waals surface area contributed by atoms with Gasteiger partial charge in [-0.05, 0) is 37.8 Å². The van der Waals surface area contributed by atoms with Crippen LogP contribution < -0.4 is 11.3 Å². The van der Waals surface area contributed by atoms with E-state index in [0.717, 1.165) is 36.0 Å². The number of nitrogens with two attached hydrogens (primary N) is 1. The van der Waals surface area contributed by atoms with E-state index in [9.17, 15) is 14.7 Å². The normalized spacial score (nSPS) is 21.6. The Kier molecular flexibility index (Phi) is 5.47. The van der Waals surface area contributed by atoms with Gasteiger partial charge in [0.25, 0.3) is 5.56 Å². The highest BCUT2D eigenvalue weighted by Crippen LogP contribution is 2.41. The van der Waals surface area contributed by atoms with Gasteiger partial charge in [-0.3, -0.25) is 9.78 Å². The third-order valence-electron chi connectivity index (χ3n) is 7.18. The number of unbranched alkanes of at least 4 members (excludes halogenated alkanes) is 1. The van der Waals surface area contributed by atoms with E-state index in [0.29, 0.717) is 52.0 Å². The minimum absolute atomic E-state index is 0.0596. The average molecular weight is 480 g/mol. The van der Waals surface area contributed by atoms with Crippen LogP contribution in [0, 0.1) is 6.92 Å². The first-order valence-corrected chi connectivity index (χ1v) is 11.9. The Morgan fingerprint density at radius 1 is 1.26 bits per heavy atom. The van der Waals surface area contributed by atoms with Crippen molar-refractivity contribution in [3.63, 3.8) is 0 Å². The van der Waals surface area contributed by atoms with Crippen LogP contribution in [0.3, 0.4) is 0 Å². The summed E-state index contributed by atoms with van der Waals surface area (Å²) >= 11 is 0. The number of pyridine rings is 2. The van der Waals surface area contributed by atoms with E-state index in [4.69, 9.17) is 24.9 Å². The lowest BCUT2D eigenvalue weighted by Crippen LogP contribution is -2.44. The Labute approximate surface area is 202 Å². The number of aromatic nitrogens is 2. The van der Waals surface area contributed by atoms with Gasteiger partial charge in [0.15, 0.2) is 17.1 Å². The molecule has 0 saturated carbocycles. The lowest BCUT2D eigenvalue weighted by atomic mass is 9.86. The number of hydrogen-bond donors (Lipinski definition) is 2. The summed E-state index contributed by atoms with van der Waals surface area (Å²) in [5, 5.41) is 11.1. The van der Waals surface area contributed by atoms with Crippen molar-refractivity contribution >= 4 is 11.7 Å². The summed E-state index contributed by atoms with van der Waals surface area (Å²) in [7, 11) is 0. The van der Waals surface area contributed by atoms with E-state index in [2.05, 4.69) is 13.5 Å². The predicted octanol–water partition coefficient (Wildman–Crippen LogP) is 2.72. The van der Waals surface area contributed by atoms with Crippen LogP contribution in [0.15, 0.2) is 29.0 Å². The third-order valence-corrected chi connectivity index (χ3v) is 7.18. The molecule has 9 heteroatoms. The monoisotopic (exact) mass is 479 g/mol. The summed E-state index contributed by atoms with van der Waals surface area (Å²) in [6.07, 6.45) is 2.73. The summed E-state index contributed by atoms with van der Waals surface area (Å²) in [6, 6.07) is 1.72. The van der Waals surface area contributed by atoms with Crippen molar-refractivity contribution in [3.05, 3.63) is 68.0 Å². The van der Waals surface area contributed by atoms with Gasteiger partial charge in [0, 0.05) is 22.4 Å². The number of esters is 1. The smallest absolute Gasteiger partial charge is 0.343 e. The van der Waals surface area contributed by atoms with Gasteiger partial charge in [0.1, 0.15) is 6.61 Å². The van der Waals surface area contributed by atoms with Crippen LogP contribution >= 0.6 is 0 Å². The quantitative estimate of drug-likeness (QED) is 0.535. The van der Waals surface area contributed by atoms with Crippen LogP contribution in [0.2, 0.25) is 0 Å². The molecule has 9 nitrogen and oxygen atoms in total. The minimum atomic E-state index is -1.86. The van der Waals surface area contributed by atoms with Gasteiger partial charge in [-0.1, -0.05) is 26.8 Å². The van der Waals surface area contributed by atoms with Gasteiger partial charge in [-0.2, -0.15) is 0 Å². The Bertz CT molecular complexity index is 1370. The lowest BCUT2D eigenvalue weighted by molar-refractivity contribution is -0.172. The van der Waals surface area contributed by atoms with Crippen LogP contribution in [0.1, 0.15) is 66.6 Å². The summed E-state index contributed by atoms with van der Waals surface area (Å²) < 4.78 is 17.7. The molecule has 3 aliphatic rings. The van der Waals surface area contributed by atoms with Crippen LogP contribution in [0.5, 0.6) is 0 Å². The Morgan fingerprint density at radius 3 is 2.69 bits per heavy atom. The van der Waals surface area contributed by atoms with E-state index in [1.807, 2.05) is 6.92 Å². The molecule has 0 aromatic carbocycles. The molecule has 1 atom stereocenters. The molecule has 184 valence electrons. The maximum atomic E-state index is 13.5. The molecular formula is C26H29N3O6. The lowest BCUT2D eigenvalue weighted by Gasteiger charge is -2.31. The van der Waals surface area contributed by atoms with Gasteiger partial charge in [-0.15, -0.1) is 0 Å². The molecule has 5 heterocycles. The molecule has 0 radical (unpaired) electrons. The second-order valence-electron chi connectivity index (χ2n) is 9.16. The highest BCUT2D eigenvalue weighted by Gasteiger charge is 2.45. The fraction of sp³-hybridized carbons (Fsp3) is 0.423. The fourth-order valence-corrected chi connectivity index (χ4v) is 5.23. The number of aliphatic hydroxyl groups is 1. The van der Waals surface area contributed by atoms with Gasteiger partial charge in [0.2, 0.25) is 6.79 Å². The molecule has 0 bridgehead atoms. The third kappa shape index (κ3) is 3.29. The molecule has 1 saturated heterocycles. The van der Waals surface area contributed by atoms with E-state index in [1.54, 1.807) is 17.6 Å². The van der Waals surface area contributed by atoms with Crippen molar-refractivity contribution in [1.29, 1.82) is 0 Å². The van der Waals surface area contributed by atoms with Crippen molar-refractivity contribution < 1.29 is 24.1 Å². The van der Waals surface area contributed by atoms with Gasteiger partial charge >= 0.3 is 5.97 Å². The number of carbonyl (C=O) groups excluding carboxylic acids is 1. The molecule has 0 spiro atoms. The summed E-state index contributed by atoms with van der Waals surface area (Å²) in [5.74, 6) is 0.0375. The standard InChI is InChI=1S/C26H29N3O6/c1-5-7-8-15-16-10-29-19(9-18-17(24(29)30)11-33-25(31)26(18,32)6-2)22(16)28-13(3)20(15)21(27)23-14(4)34-12-35-23/h9,32H,4-8,10-12,27H2,1-3H3/b23-21-/t26-/m0/s1. The first kappa shape index (κ1) is 23.2. The number of cyclic esters (lactones) is 1. The number of ether oxygens (including phenoxy) is 3. The van der Waals surface area contributed by atoms with Crippen LogP contribution in [-0.4, -0.2) is 27.4 Å². The van der Waals surface area contributed by atoms with E-state index in [1.165, 1.54) is 0 Å². The molecular weight excluding hydrogens is 450 g/mol. The predicted molar refractivity (Wildman–Crippen MR) is 128 cm³/mol. The van der Waals surface area contributed by atoms with Gasteiger partial charge in [-0.25, -0.2) is 4.79 Å². The molecule has 2 aromatic heterocycles. The maximum absolute atomic E-state index is 13.5. The van der Waals surface area contributed by atoms with Crippen LogP contribution in [0.4, 0.5) is 0 Å². The molecule has 3 aliphatic heterocycles. The van der Waals surface area contributed by atoms with Crippen molar-refractivity contribution in [2.24, 2.45) is 5.73 Å². The summed E-state index contributed by atoms with van der Waals surface area (Å²) in [5.41, 5.74) is 10.0. The number of fused-ring (bicyclic) bond motifs is 4.